The Morgan fingerprint density at radius 3 is 2.88 bits per heavy atom. The lowest BCUT2D eigenvalue weighted by Crippen LogP contribution is -2.30. The Kier molecular flexibility index (Phi) is 2.81. The number of anilines is 1. The fraction of sp³-hybridized carbons (Fsp3) is 0.571. The average molecular weight is 232 g/mol. The highest BCUT2D eigenvalue weighted by Gasteiger charge is 2.21. The molecule has 2 heterocycles. The third-order valence-electron chi connectivity index (χ3n) is 3.88. The summed E-state index contributed by atoms with van der Waals surface area (Å²) in [7, 11) is 2.17. The van der Waals surface area contributed by atoms with Crippen molar-refractivity contribution < 1.29 is 4.74 Å². The molecule has 3 nitrogen and oxygen atoms in total. The predicted octanol–water partition coefficient (Wildman–Crippen LogP) is 1.45. The Hall–Kier alpha value is -1.06. The number of ether oxygens (including phenoxy) is 1. The SMILES string of the molecule is CN1CCc2cc(CC3COC3)c(N)cc2C1. The van der Waals surface area contributed by atoms with Crippen molar-refractivity contribution >= 4 is 5.69 Å². The molecule has 0 aliphatic carbocycles. The first-order valence-electron chi connectivity index (χ1n) is 6.39. The molecule has 92 valence electrons. The van der Waals surface area contributed by atoms with E-state index in [2.05, 4.69) is 24.1 Å². The molecule has 0 aromatic heterocycles. The van der Waals surface area contributed by atoms with Crippen LogP contribution in [0.15, 0.2) is 12.1 Å². The van der Waals surface area contributed by atoms with Gasteiger partial charge in [0, 0.05) is 24.7 Å². The van der Waals surface area contributed by atoms with Gasteiger partial charge in [0.15, 0.2) is 0 Å². The van der Waals surface area contributed by atoms with E-state index in [9.17, 15) is 0 Å². The molecule has 17 heavy (non-hydrogen) atoms. The molecule has 2 aliphatic rings. The van der Waals surface area contributed by atoms with Gasteiger partial charge in [0.2, 0.25) is 0 Å². The largest absolute Gasteiger partial charge is 0.398 e. The molecular weight excluding hydrogens is 212 g/mol. The summed E-state index contributed by atoms with van der Waals surface area (Å²) in [5, 5.41) is 0. The molecule has 1 aromatic rings. The van der Waals surface area contributed by atoms with Crippen molar-refractivity contribution in [3.8, 4) is 0 Å². The number of nitrogens with zero attached hydrogens (tertiary/aromatic N) is 1. The Balaban J connectivity index is 1.84. The summed E-state index contributed by atoms with van der Waals surface area (Å²) in [5.74, 6) is 0.682. The maximum atomic E-state index is 6.16. The van der Waals surface area contributed by atoms with Gasteiger partial charge in [-0.25, -0.2) is 0 Å². The lowest BCUT2D eigenvalue weighted by Gasteiger charge is -2.29. The van der Waals surface area contributed by atoms with E-state index in [4.69, 9.17) is 10.5 Å². The molecule has 1 fully saturated rings. The summed E-state index contributed by atoms with van der Waals surface area (Å²) >= 11 is 0. The molecule has 0 bridgehead atoms. The van der Waals surface area contributed by atoms with Gasteiger partial charge >= 0.3 is 0 Å². The van der Waals surface area contributed by atoms with Crippen molar-refractivity contribution in [1.29, 1.82) is 0 Å². The smallest absolute Gasteiger partial charge is 0.0519 e. The van der Waals surface area contributed by atoms with Crippen LogP contribution in [0.25, 0.3) is 0 Å². The summed E-state index contributed by atoms with van der Waals surface area (Å²) in [6, 6.07) is 4.51. The first-order chi connectivity index (χ1) is 8.22. The van der Waals surface area contributed by atoms with Crippen LogP contribution in [-0.2, 0) is 24.1 Å². The molecule has 2 aliphatic heterocycles. The van der Waals surface area contributed by atoms with E-state index in [0.717, 1.165) is 44.8 Å². The van der Waals surface area contributed by atoms with Crippen LogP contribution < -0.4 is 5.73 Å². The molecule has 0 radical (unpaired) electrons. The normalized spacial score (nSPS) is 21.0. The van der Waals surface area contributed by atoms with Crippen LogP contribution in [-0.4, -0.2) is 31.7 Å². The van der Waals surface area contributed by atoms with Crippen molar-refractivity contribution in [2.45, 2.75) is 19.4 Å². The molecule has 0 atom stereocenters. The standard InChI is InChI=1S/C14H20N2O/c1-16-3-2-11-5-12(4-10-8-17-9-10)14(15)6-13(11)7-16/h5-6,10H,2-4,7-9,15H2,1H3. The summed E-state index contributed by atoms with van der Waals surface area (Å²) in [6.07, 6.45) is 2.23. The van der Waals surface area contributed by atoms with Crippen LogP contribution in [0.1, 0.15) is 16.7 Å². The van der Waals surface area contributed by atoms with E-state index in [1.807, 2.05) is 0 Å². The zero-order valence-corrected chi connectivity index (χ0v) is 10.4. The second-order valence-corrected chi connectivity index (χ2v) is 5.42. The predicted molar refractivity (Wildman–Crippen MR) is 68.9 cm³/mol. The highest BCUT2D eigenvalue weighted by Crippen LogP contribution is 2.27. The van der Waals surface area contributed by atoms with Crippen molar-refractivity contribution in [3.05, 3.63) is 28.8 Å². The van der Waals surface area contributed by atoms with Gasteiger partial charge in [-0.1, -0.05) is 6.07 Å². The van der Waals surface area contributed by atoms with Gasteiger partial charge in [0.25, 0.3) is 0 Å². The number of hydrogen-bond acceptors (Lipinski definition) is 3. The first-order valence-corrected chi connectivity index (χ1v) is 6.39. The minimum atomic E-state index is 0.682. The van der Waals surface area contributed by atoms with E-state index in [0.29, 0.717) is 5.92 Å². The van der Waals surface area contributed by atoms with Gasteiger partial charge in [0.05, 0.1) is 13.2 Å². The fourth-order valence-corrected chi connectivity index (χ4v) is 2.71. The average Bonchev–Trinajstić information content (AvgIpc) is 2.23. The van der Waals surface area contributed by atoms with E-state index < -0.39 is 0 Å². The number of likely N-dealkylation sites (N-methyl/N-ethyl adjacent to an activating group) is 1. The minimum absolute atomic E-state index is 0.682. The molecule has 0 spiro atoms. The van der Waals surface area contributed by atoms with Crippen LogP contribution in [0.2, 0.25) is 0 Å². The van der Waals surface area contributed by atoms with Crippen LogP contribution in [0.5, 0.6) is 0 Å². The number of hydrogen-bond donors (Lipinski definition) is 1. The second-order valence-electron chi connectivity index (χ2n) is 5.42. The highest BCUT2D eigenvalue weighted by molar-refractivity contribution is 5.53. The topological polar surface area (TPSA) is 38.5 Å². The zero-order valence-electron chi connectivity index (χ0n) is 10.4. The monoisotopic (exact) mass is 232 g/mol. The number of rotatable bonds is 2. The third kappa shape index (κ3) is 2.17. The Morgan fingerprint density at radius 2 is 2.18 bits per heavy atom. The van der Waals surface area contributed by atoms with Crippen LogP contribution in [0, 0.1) is 5.92 Å². The number of nitrogens with two attached hydrogens (primary N) is 1. The Labute approximate surface area is 103 Å². The van der Waals surface area contributed by atoms with Crippen LogP contribution in [0.4, 0.5) is 5.69 Å². The minimum Gasteiger partial charge on any atom is -0.398 e. The quantitative estimate of drug-likeness (QED) is 0.784. The van der Waals surface area contributed by atoms with Crippen LogP contribution in [0.3, 0.4) is 0 Å². The maximum absolute atomic E-state index is 6.16. The van der Waals surface area contributed by atoms with Gasteiger partial charge in [-0.2, -0.15) is 0 Å². The molecule has 3 rings (SSSR count). The number of fused-ring (bicyclic) bond motifs is 1. The summed E-state index contributed by atoms with van der Waals surface area (Å²) in [6.45, 7) is 3.99. The molecule has 1 aromatic carbocycles. The summed E-state index contributed by atoms with van der Waals surface area (Å²) in [4.78, 5) is 2.35. The summed E-state index contributed by atoms with van der Waals surface area (Å²) < 4.78 is 5.23. The maximum Gasteiger partial charge on any atom is 0.0519 e. The Bertz CT molecular complexity index is 426. The highest BCUT2D eigenvalue weighted by atomic mass is 16.5. The second kappa shape index (κ2) is 4.31. The molecular formula is C14H20N2O. The van der Waals surface area contributed by atoms with E-state index in [1.165, 1.54) is 16.7 Å². The molecule has 0 saturated carbocycles. The lowest BCUT2D eigenvalue weighted by molar-refractivity contribution is -0.0311. The van der Waals surface area contributed by atoms with Gasteiger partial charge in [-0.15, -0.1) is 0 Å². The van der Waals surface area contributed by atoms with E-state index in [-0.39, 0.29) is 0 Å². The fourth-order valence-electron chi connectivity index (χ4n) is 2.71. The van der Waals surface area contributed by atoms with E-state index >= 15 is 0 Å². The Morgan fingerprint density at radius 1 is 1.35 bits per heavy atom. The van der Waals surface area contributed by atoms with Gasteiger partial charge in [0.1, 0.15) is 0 Å². The molecule has 0 amide bonds. The van der Waals surface area contributed by atoms with Crippen LogP contribution >= 0.6 is 0 Å². The first kappa shape index (κ1) is 11.1. The lowest BCUT2D eigenvalue weighted by atomic mass is 9.91. The molecule has 1 saturated heterocycles. The number of nitrogen functional groups attached to an aromatic ring is 1. The molecule has 0 unspecified atom stereocenters. The molecule has 3 heteroatoms. The van der Waals surface area contributed by atoms with Gasteiger partial charge in [-0.05, 0) is 42.6 Å². The van der Waals surface area contributed by atoms with Crippen molar-refractivity contribution in [3.63, 3.8) is 0 Å². The van der Waals surface area contributed by atoms with Gasteiger partial charge < -0.3 is 15.4 Å². The van der Waals surface area contributed by atoms with Crippen molar-refractivity contribution in [2.24, 2.45) is 5.92 Å². The van der Waals surface area contributed by atoms with E-state index in [1.54, 1.807) is 0 Å². The molecule has 2 N–H and O–H groups in total. The van der Waals surface area contributed by atoms with Gasteiger partial charge in [-0.3, -0.25) is 0 Å². The third-order valence-corrected chi connectivity index (χ3v) is 3.88. The summed E-state index contributed by atoms with van der Waals surface area (Å²) in [5.41, 5.74) is 11.3. The van der Waals surface area contributed by atoms with Crippen molar-refractivity contribution in [2.75, 3.05) is 32.5 Å². The number of benzene rings is 1. The zero-order chi connectivity index (χ0) is 11.8. The van der Waals surface area contributed by atoms with Crippen molar-refractivity contribution in [1.82, 2.24) is 4.90 Å².